The number of rotatable bonds is 3. The van der Waals surface area contributed by atoms with Gasteiger partial charge in [0.2, 0.25) is 0 Å². The maximum Gasteiger partial charge on any atom is 0.0448 e. The van der Waals surface area contributed by atoms with Gasteiger partial charge in [-0.15, -0.1) is 0 Å². The summed E-state index contributed by atoms with van der Waals surface area (Å²) < 4.78 is 2.05. The number of hydrogen-bond donors (Lipinski definition) is 1. The number of aliphatic hydroxyl groups is 1. The lowest BCUT2D eigenvalue weighted by Crippen LogP contribution is -1.95. The SMILES string of the molecule is OCCCn1cccc1. The van der Waals surface area contributed by atoms with Crippen molar-refractivity contribution < 1.29 is 5.11 Å². The summed E-state index contributed by atoms with van der Waals surface area (Å²) in [7, 11) is 0. The van der Waals surface area contributed by atoms with Gasteiger partial charge in [0.1, 0.15) is 0 Å². The molecule has 0 unspecified atom stereocenters. The summed E-state index contributed by atoms with van der Waals surface area (Å²) >= 11 is 0. The highest BCUT2D eigenvalue weighted by Crippen LogP contribution is 1.91. The zero-order valence-electron chi connectivity index (χ0n) is 5.33. The van der Waals surface area contributed by atoms with E-state index in [0.29, 0.717) is 0 Å². The van der Waals surface area contributed by atoms with Crippen LogP contribution in [0.4, 0.5) is 0 Å². The Hall–Kier alpha value is -0.760. The molecule has 1 aromatic heterocycles. The van der Waals surface area contributed by atoms with E-state index < -0.39 is 0 Å². The Morgan fingerprint density at radius 1 is 1.22 bits per heavy atom. The first-order chi connectivity index (χ1) is 4.43. The van der Waals surface area contributed by atoms with Crippen LogP contribution >= 0.6 is 0 Å². The summed E-state index contributed by atoms with van der Waals surface area (Å²) in [5.74, 6) is 0. The van der Waals surface area contributed by atoms with Gasteiger partial charge in [-0.05, 0) is 18.6 Å². The van der Waals surface area contributed by atoms with Crippen LogP contribution in [-0.2, 0) is 6.54 Å². The predicted molar refractivity (Wildman–Crippen MR) is 36.1 cm³/mol. The van der Waals surface area contributed by atoms with Gasteiger partial charge in [-0.25, -0.2) is 0 Å². The summed E-state index contributed by atoms with van der Waals surface area (Å²) in [6.45, 7) is 1.20. The van der Waals surface area contributed by atoms with Crippen molar-refractivity contribution in [3.05, 3.63) is 24.5 Å². The van der Waals surface area contributed by atoms with E-state index in [1.165, 1.54) is 0 Å². The third kappa shape index (κ3) is 1.90. The molecule has 1 heterocycles. The third-order valence-electron chi connectivity index (χ3n) is 1.24. The average molecular weight is 125 g/mol. The van der Waals surface area contributed by atoms with Crippen molar-refractivity contribution in [3.63, 3.8) is 0 Å². The molecule has 2 nitrogen and oxygen atoms in total. The van der Waals surface area contributed by atoms with Crippen LogP contribution in [0.15, 0.2) is 24.5 Å². The van der Waals surface area contributed by atoms with Gasteiger partial charge in [0.05, 0.1) is 0 Å². The van der Waals surface area contributed by atoms with E-state index in [2.05, 4.69) is 4.57 Å². The Labute approximate surface area is 54.7 Å². The zero-order chi connectivity index (χ0) is 6.53. The minimum Gasteiger partial charge on any atom is -0.396 e. The van der Waals surface area contributed by atoms with Gasteiger partial charge in [-0.2, -0.15) is 0 Å². The van der Waals surface area contributed by atoms with E-state index in [0.717, 1.165) is 13.0 Å². The van der Waals surface area contributed by atoms with Crippen molar-refractivity contribution in [1.29, 1.82) is 0 Å². The molecule has 0 fully saturated rings. The molecule has 0 atom stereocenters. The Morgan fingerprint density at radius 3 is 2.44 bits per heavy atom. The van der Waals surface area contributed by atoms with Gasteiger partial charge in [0.15, 0.2) is 0 Å². The lowest BCUT2D eigenvalue weighted by atomic mass is 10.4. The fourth-order valence-electron chi connectivity index (χ4n) is 0.773. The Bertz CT molecular complexity index is 146. The highest BCUT2D eigenvalue weighted by atomic mass is 16.3. The van der Waals surface area contributed by atoms with E-state index >= 15 is 0 Å². The lowest BCUT2D eigenvalue weighted by molar-refractivity contribution is 0.280. The lowest BCUT2D eigenvalue weighted by Gasteiger charge is -1.97. The maximum atomic E-state index is 8.45. The summed E-state index contributed by atoms with van der Waals surface area (Å²) in [5, 5.41) is 8.45. The summed E-state index contributed by atoms with van der Waals surface area (Å²) in [4.78, 5) is 0. The molecule has 0 aliphatic carbocycles. The Balaban J connectivity index is 2.30. The molecular formula is C7H11NO. The second-order valence-electron chi connectivity index (χ2n) is 2.00. The first-order valence-electron chi connectivity index (χ1n) is 3.15. The Kier molecular flexibility index (Phi) is 2.33. The van der Waals surface area contributed by atoms with Gasteiger partial charge in [-0.1, -0.05) is 0 Å². The number of nitrogens with zero attached hydrogens (tertiary/aromatic N) is 1. The van der Waals surface area contributed by atoms with Crippen LogP contribution in [0, 0.1) is 0 Å². The molecule has 0 radical (unpaired) electrons. The average Bonchev–Trinajstić information content (AvgIpc) is 2.34. The molecule has 0 aromatic carbocycles. The van der Waals surface area contributed by atoms with Crippen LogP contribution in [0.2, 0.25) is 0 Å². The molecule has 0 aliphatic rings. The van der Waals surface area contributed by atoms with Crippen LogP contribution in [0.5, 0.6) is 0 Å². The second-order valence-corrected chi connectivity index (χ2v) is 2.00. The molecule has 2 heteroatoms. The van der Waals surface area contributed by atoms with Gasteiger partial charge in [0.25, 0.3) is 0 Å². The van der Waals surface area contributed by atoms with E-state index in [-0.39, 0.29) is 6.61 Å². The first kappa shape index (κ1) is 6.36. The molecule has 0 aliphatic heterocycles. The van der Waals surface area contributed by atoms with E-state index in [1.54, 1.807) is 0 Å². The molecule has 0 spiro atoms. The van der Waals surface area contributed by atoms with Crippen molar-refractivity contribution in [1.82, 2.24) is 4.57 Å². The zero-order valence-corrected chi connectivity index (χ0v) is 5.33. The second kappa shape index (κ2) is 3.30. The van der Waals surface area contributed by atoms with Crippen molar-refractivity contribution in [2.45, 2.75) is 13.0 Å². The molecule has 0 saturated heterocycles. The van der Waals surface area contributed by atoms with Gasteiger partial charge in [0, 0.05) is 25.5 Å². The highest BCUT2D eigenvalue weighted by molar-refractivity contribution is 4.89. The predicted octanol–water partition coefficient (Wildman–Crippen LogP) is 0.871. The standard InChI is InChI=1S/C7H11NO/c9-7-3-6-8-4-1-2-5-8/h1-2,4-5,9H,3,6-7H2. The van der Waals surface area contributed by atoms with Crippen molar-refractivity contribution in [2.24, 2.45) is 0 Å². The molecule has 0 amide bonds. The fraction of sp³-hybridized carbons (Fsp3) is 0.429. The molecular weight excluding hydrogens is 114 g/mol. The van der Waals surface area contributed by atoms with E-state index in [1.807, 2.05) is 24.5 Å². The van der Waals surface area contributed by atoms with E-state index in [9.17, 15) is 0 Å². The highest BCUT2D eigenvalue weighted by Gasteiger charge is 1.84. The number of aromatic nitrogens is 1. The largest absolute Gasteiger partial charge is 0.396 e. The minimum atomic E-state index is 0.276. The molecule has 1 N–H and O–H groups in total. The summed E-state index contributed by atoms with van der Waals surface area (Å²) in [6, 6.07) is 3.97. The van der Waals surface area contributed by atoms with Crippen LogP contribution in [0.1, 0.15) is 6.42 Å². The number of hydrogen-bond acceptors (Lipinski definition) is 1. The van der Waals surface area contributed by atoms with Gasteiger partial charge in [-0.3, -0.25) is 0 Å². The molecule has 9 heavy (non-hydrogen) atoms. The monoisotopic (exact) mass is 125 g/mol. The maximum absolute atomic E-state index is 8.45. The third-order valence-corrected chi connectivity index (χ3v) is 1.24. The van der Waals surface area contributed by atoms with E-state index in [4.69, 9.17) is 5.11 Å². The molecule has 0 bridgehead atoms. The van der Waals surface area contributed by atoms with Crippen LogP contribution < -0.4 is 0 Å². The van der Waals surface area contributed by atoms with Crippen molar-refractivity contribution in [3.8, 4) is 0 Å². The quantitative estimate of drug-likeness (QED) is 0.637. The molecule has 50 valence electrons. The normalized spacial score (nSPS) is 9.89. The minimum absolute atomic E-state index is 0.276. The molecule has 1 rings (SSSR count). The Morgan fingerprint density at radius 2 is 1.89 bits per heavy atom. The van der Waals surface area contributed by atoms with Crippen LogP contribution in [0.3, 0.4) is 0 Å². The fourth-order valence-corrected chi connectivity index (χ4v) is 0.773. The van der Waals surface area contributed by atoms with Gasteiger partial charge < -0.3 is 9.67 Å². The smallest absolute Gasteiger partial charge is 0.0448 e. The molecule has 0 saturated carbocycles. The first-order valence-corrected chi connectivity index (χ1v) is 3.15. The van der Waals surface area contributed by atoms with Crippen molar-refractivity contribution in [2.75, 3.05) is 6.61 Å². The number of aliphatic hydroxyl groups excluding tert-OH is 1. The van der Waals surface area contributed by atoms with Gasteiger partial charge >= 0.3 is 0 Å². The van der Waals surface area contributed by atoms with Crippen LogP contribution in [-0.4, -0.2) is 16.3 Å². The number of aryl methyl sites for hydroxylation is 1. The molecule has 1 aromatic rings. The topological polar surface area (TPSA) is 25.2 Å². The van der Waals surface area contributed by atoms with Crippen molar-refractivity contribution >= 4 is 0 Å². The summed E-state index contributed by atoms with van der Waals surface area (Å²) in [5.41, 5.74) is 0. The van der Waals surface area contributed by atoms with Crippen LogP contribution in [0.25, 0.3) is 0 Å². The summed E-state index contributed by atoms with van der Waals surface area (Å²) in [6.07, 6.45) is 4.83.